The normalized spacial score (nSPS) is 11.7. The number of rotatable bonds is 31. The van der Waals surface area contributed by atoms with Crippen molar-refractivity contribution in [1.82, 2.24) is 5.32 Å². The van der Waals surface area contributed by atoms with Gasteiger partial charge < -0.3 is 5.32 Å². The first kappa shape index (κ1) is 34.7. The van der Waals surface area contributed by atoms with Crippen molar-refractivity contribution in [3.63, 3.8) is 0 Å². The van der Waals surface area contributed by atoms with Crippen LogP contribution in [0.3, 0.4) is 0 Å². The minimum absolute atomic E-state index is 1.24. The first-order valence-electron chi connectivity index (χ1n) is 16.8. The predicted molar refractivity (Wildman–Crippen MR) is 163 cm³/mol. The molecule has 1 nitrogen and oxygen atoms in total. The van der Waals surface area contributed by atoms with Crippen molar-refractivity contribution < 1.29 is 0 Å². The van der Waals surface area contributed by atoms with E-state index in [-0.39, 0.29) is 0 Å². The number of hydrogen-bond donors (Lipinski definition) is 1. The van der Waals surface area contributed by atoms with E-state index in [1.54, 1.807) is 0 Å². The van der Waals surface area contributed by atoms with Gasteiger partial charge in [-0.2, -0.15) is 0 Å². The van der Waals surface area contributed by atoms with E-state index < -0.39 is 0 Å². The van der Waals surface area contributed by atoms with Gasteiger partial charge in [0.1, 0.15) is 0 Å². The molecule has 0 aromatic carbocycles. The summed E-state index contributed by atoms with van der Waals surface area (Å²) in [6, 6.07) is 0. The highest BCUT2D eigenvalue weighted by Gasteiger charge is 1.95. The highest BCUT2D eigenvalue weighted by molar-refractivity contribution is 4.81. The first-order valence-corrected chi connectivity index (χ1v) is 16.8. The molecule has 210 valence electrons. The Morgan fingerprint density at radius 2 is 0.571 bits per heavy atom. The van der Waals surface area contributed by atoms with Crippen molar-refractivity contribution in [2.45, 2.75) is 194 Å². The first-order chi connectivity index (χ1) is 17.4. The molecule has 0 aliphatic heterocycles. The molecule has 0 amide bonds. The van der Waals surface area contributed by atoms with E-state index in [1.165, 1.54) is 193 Å². The van der Waals surface area contributed by atoms with Crippen molar-refractivity contribution in [3.8, 4) is 0 Å². The second-order valence-corrected chi connectivity index (χ2v) is 11.3. The van der Waals surface area contributed by atoms with Crippen LogP contribution >= 0.6 is 0 Å². The fourth-order valence-electron chi connectivity index (χ4n) is 5.07. The minimum atomic E-state index is 1.24. The van der Waals surface area contributed by atoms with Crippen LogP contribution in [0, 0.1) is 0 Å². The Balaban J connectivity index is 3.05. The molecular weight excluding hydrogens is 422 g/mol. The topological polar surface area (TPSA) is 12.0 Å². The monoisotopic (exact) mass is 492 g/mol. The fraction of sp³-hybridized carbons (Fsp3) is 0.941. The van der Waals surface area contributed by atoms with Gasteiger partial charge in [-0.25, -0.2) is 0 Å². The van der Waals surface area contributed by atoms with Gasteiger partial charge in [-0.15, -0.1) is 0 Å². The molecule has 0 fully saturated rings. The Labute approximate surface area is 224 Å². The molecule has 0 saturated heterocycles. The van der Waals surface area contributed by atoms with E-state index in [4.69, 9.17) is 0 Å². The second kappa shape index (κ2) is 33.7. The third-order valence-corrected chi connectivity index (χ3v) is 7.57. The smallest absolute Gasteiger partial charge is 0.00489 e. The van der Waals surface area contributed by atoms with Gasteiger partial charge in [0.2, 0.25) is 0 Å². The molecule has 0 rings (SSSR count). The molecule has 0 spiro atoms. The van der Waals surface area contributed by atoms with Crippen LogP contribution in [-0.4, -0.2) is 13.1 Å². The number of allylic oxidation sites excluding steroid dienone is 2. The van der Waals surface area contributed by atoms with Crippen molar-refractivity contribution in [3.05, 3.63) is 12.2 Å². The highest BCUT2D eigenvalue weighted by atomic mass is 14.8. The standard InChI is InChI=1S/C34H69N/c1-3-5-7-9-11-13-15-17-19-20-22-24-26-28-30-32-34-35-33-31-29-27-25-23-21-18-16-14-12-10-8-6-4-2/h17,19,35H,3-16,18,20-34H2,1-2H3/b19-17-. The molecule has 0 aromatic rings. The van der Waals surface area contributed by atoms with Crippen LogP contribution < -0.4 is 5.32 Å². The van der Waals surface area contributed by atoms with Gasteiger partial charge >= 0.3 is 0 Å². The average Bonchev–Trinajstić information content (AvgIpc) is 2.87. The van der Waals surface area contributed by atoms with Crippen LogP contribution in [0.5, 0.6) is 0 Å². The summed E-state index contributed by atoms with van der Waals surface area (Å²) in [7, 11) is 0. The van der Waals surface area contributed by atoms with Crippen LogP contribution in [0.4, 0.5) is 0 Å². The number of nitrogens with one attached hydrogen (secondary N) is 1. The van der Waals surface area contributed by atoms with Crippen LogP contribution in [-0.2, 0) is 0 Å². The van der Waals surface area contributed by atoms with E-state index in [1.807, 2.05) is 0 Å². The van der Waals surface area contributed by atoms with Gasteiger partial charge in [-0.05, 0) is 51.6 Å². The van der Waals surface area contributed by atoms with Crippen LogP contribution in [0.15, 0.2) is 12.2 Å². The Morgan fingerprint density at radius 3 is 0.886 bits per heavy atom. The van der Waals surface area contributed by atoms with E-state index in [0.29, 0.717) is 0 Å². The van der Waals surface area contributed by atoms with E-state index in [0.717, 1.165) is 0 Å². The summed E-state index contributed by atoms with van der Waals surface area (Å²) in [5.41, 5.74) is 0. The molecule has 0 bridgehead atoms. The van der Waals surface area contributed by atoms with Gasteiger partial charge in [-0.3, -0.25) is 0 Å². The molecule has 0 saturated carbocycles. The molecule has 35 heavy (non-hydrogen) atoms. The summed E-state index contributed by atoms with van der Waals surface area (Å²) >= 11 is 0. The van der Waals surface area contributed by atoms with Crippen LogP contribution in [0.2, 0.25) is 0 Å². The lowest BCUT2D eigenvalue weighted by atomic mass is 10.0. The summed E-state index contributed by atoms with van der Waals surface area (Å²) in [5, 5.41) is 3.67. The van der Waals surface area contributed by atoms with Crippen LogP contribution in [0.1, 0.15) is 194 Å². The SMILES string of the molecule is CCCCCCCC/C=C\CCCCCCCCNCCCCCCCCCCCCCCCC. The molecule has 1 heteroatoms. The van der Waals surface area contributed by atoms with Crippen molar-refractivity contribution in [2.24, 2.45) is 0 Å². The number of hydrogen-bond acceptors (Lipinski definition) is 1. The van der Waals surface area contributed by atoms with Crippen molar-refractivity contribution >= 4 is 0 Å². The minimum Gasteiger partial charge on any atom is -0.317 e. The molecule has 0 aliphatic carbocycles. The number of unbranched alkanes of at least 4 members (excludes halogenated alkanes) is 25. The van der Waals surface area contributed by atoms with Gasteiger partial charge in [0.25, 0.3) is 0 Å². The summed E-state index contributed by atoms with van der Waals surface area (Å²) in [6.45, 7) is 7.07. The summed E-state index contributed by atoms with van der Waals surface area (Å²) in [4.78, 5) is 0. The predicted octanol–water partition coefficient (Wildman–Crippen LogP) is 12.1. The molecule has 0 aromatic heterocycles. The van der Waals surface area contributed by atoms with E-state index in [9.17, 15) is 0 Å². The van der Waals surface area contributed by atoms with Crippen molar-refractivity contribution in [2.75, 3.05) is 13.1 Å². The van der Waals surface area contributed by atoms with Crippen LogP contribution in [0.25, 0.3) is 0 Å². The molecule has 0 unspecified atom stereocenters. The molecule has 1 N–H and O–H groups in total. The largest absolute Gasteiger partial charge is 0.317 e. The maximum atomic E-state index is 3.67. The maximum Gasteiger partial charge on any atom is -0.00489 e. The van der Waals surface area contributed by atoms with Gasteiger partial charge in [0.05, 0.1) is 0 Å². The molecular formula is C34H69N. The van der Waals surface area contributed by atoms with Gasteiger partial charge in [0, 0.05) is 0 Å². The lowest BCUT2D eigenvalue weighted by Crippen LogP contribution is -2.16. The third kappa shape index (κ3) is 33.7. The highest BCUT2D eigenvalue weighted by Crippen LogP contribution is 2.13. The van der Waals surface area contributed by atoms with E-state index in [2.05, 4.69) is 31.3 Å². The lowest BCUT2D eigenvalue weighted by Gasteiger charge is -2.05. The molecule has 0 radical (unpaired) electrons. The zero-order chi connectivity index (χ0) is 25.3. The zero-order valence-corrected chi connectivity index (χ0v) is 24.9. The summed E-state index contributed by atoms with van der Waals surface area (Å²) in [6.07, 6.45) is 44.8. The third-order valence-electron chi connectivity index (χ3n) is 7.57. The van der Waals surface area contributed by atoms with E-state index >= 15 is 0 Å². The van der Waals surface area contributed by atoms with Gasteiger partial charge in [0.15, 0.2) is 0 Å². The average molecular weight is 492 g/mol. The quantitative estimate of drug-likeness (QED) is 0.0750. The zero-order valence-electron chi connectivity index (χ0n) is 24.9. The van der Waals surface area contributed by atoms with Gasteiger partial charge in [-0.1, -0.05) is 167 Å². The summed E-state index contributed by atoms with van der Waals surface area (Å²) in [5.74, 6) is 0. The lowest BCUT2D eigenvalue weighted by molar-refractivity contribution is 0.523. The maximum absolute atomic E-state index is 3.67. The molecule has 0 aliphatic rings. The Hall–Kier alpha value is -0.300. The Kier molecular flexibility index (Phi) is 33.4. The summed E-state index contributed by atoms with van der Waals surface area (Å²) < 4.78 is 0. The van der Waals surface area contributed by atoms with Crippen molar-refractivity contribution in [1.29, 1.82) is 0 Å². The Bertz CT molecular complexity index is 375. The fourth-order valence-corrected chi connectivity index (χ4v) is 5.07. The molecule has 0 atom stereocenters. The Morgan fingerprint density at radius 1 is 0.314 bits per heavy atom. The second-order valence-electron chi connectivity index (χ2n) is 11.3. The molecule has 0 heterocycles.